The van der Waals surface area contributed by atoms with Gasteiger partial charge in [0, 0.05) is 24.8 Å². The van der Waals surface area contributed by atoms with Crippen LogP contribution in [0.2, 0.25) is 0 Å². The molecule has 0 saturated heterocycles. The molecule has 0 spiro atoms. The Morgan fingerprint density at radius 2 is 1.95 bits per heavy atom. The van der Waals surface area contributed by atoms with Gasteiger partial charge in [-0.2, -0.15) is 0 Å². The van der Waals surface area contributed by atoms with Crippen molar-refractivity contribution in [2.45, 2.75) is 19.8 Å². The predicted molar refractivity (Wildman–Crippen MR) is 73.3 cm³/mol. The van der Waals surface area contributed by atoms with Gasteiger partial charge in [0.25, 0.3) is 5.91 Å². The SMILES string of the molecule is COCCNC(=O)c1cccc(C(N)=O)c1C(C)C. The predicted octanol–water partition coefficient (Wildman–Crippen LogP) is 1.29. The Labute approximate surface area is 113 Å². The van der Waals surface area contributed by atoms with E-state index in [1.54, 1.807) is 25.3 Å². The van der Waals surface area contributed by atoms with Crippen molar-refractivity contribution in [2.75, 3.05) is 20.3 Å². The van der Waals surface area contributed by atoms with E-state index in [9.17, 15) is 9.59 Å². The molecule has 0 saturated carbocycles. The summed E-state index contributed by atoms with van der Waals surface area (Å²) in [4.78, 5) is 23.5. The molecule has 1 aromatic carbocycles. The van der Waals surface area contributed by atoms with Crippen molar-refractivity contribution < 1.29 is 14.3 Å². The molecular weight excluding hydrogens is 244 g/mol. The molecule has 0 aliphatic rings. The summed E-state index contributed by atoms with van der Waals surface area (Å²) in [5, 5.41) is 2.75. The zero-order valence-electron chi connectivity index (χ0n) is 11.5. The summed E-state index contributed by atoms with van der Waals surface area (Å²) in [6, 6.07) is 5.00. The van der Waals surface area contributed by atoms with Gasteiger partial charge in [0.2, 0.25) is 5.91 Å². The normalized spacial score (nSPS) is 10.5. The fraction of sp³-hybridized carbons (Fsp3) is 0.429. The van der Waals surface area contributed by atoms with Crippen molar-refractivity contribution in [1.82, 2.24) is 5.32 Å². The molecule has 0 heterocycles. The molecule has 5 heteroatoms. The molecule has 19 heavy (non-hydrogen) atoms. The highest BCUT2D eigenvalue weighted by Crippen LogP contribution is 2.23. The van der Waals surface area contributed by atoms with Crippen molar-refractivity contribution >= 4 is 11.8 Å². The second-order valence-corrected chi connectivity index (χ2v) is 4.53. The van der Waals surface area contributed by atoms with Crippen LogP contribution in [0.15, 0.2) is 18.2 Å². The summed E-state index contributed by atoms with van der Waals surface area (Å²) >= 11 is 0. The third-order valence-corrected chi connectivity index (χ3v) is 2.79. The Kier molecular flexibility index (Phi) is 5.51. The third kappa shape index (κ3) is 3.79. The van der Waals surface area contributed by atoms with Crippen LogP contribution in [0.5, 0.6) is 0 Å². The van der Waals surface area contributed by atoms with E-state index in [0.717, 1.165) is 0 Å². The minimum atomic E-state index is -0.518. The molecule has 0 bridgehead atoms. The molecule has 5 nitrogen and oxygen atoms in total. The number of carbonyl (C=O) groups excluding carboxylic acids is 2. The monoisotopic (exact) mass is 264 g/mol. The lowest BCUT2D eigenvalue weighted by atomic mass is 9.91. The zero-order chi connectivity index (χ0) is 14.4. The minimum Gasteiger partial charge on any atom is -0.383 e. The molecule has 0 unspecified atom stereocenters. The molecule has 0 aliphatic carbocycles. The van der Waals surface area contributed by atoms with Crippen LogP contribution < -0.4 is 11.1 Å². The summed E-state index contributed by atoms with van der Waals surface area (Å²) in [5.41, 5.74) is 6.92. The van der Waals surface area contributed by atoms with E-state index in [4.69, 9.17) is 10.5 Å². The molecule has 0 radical (unpaired) electrons. The number of primary amides is 1. The molecule has 0 aliphatic heterocycles. The van der Waals surface area contributed by atoms with Gasteiger partial charge in [0.15, 0.2) is 0 Å². The number of hydrogen-bond acceptors (Lipinski definition) is 3. The lowest BCUT2D eigenvalue weighted by Gasteiger charge is -2.16. The fourth-order valence-corrected chi connectivity index (χ4v) is 1.96. The van der Waals surface area contributed by atoms with Crippen molar-refractivity contribution in [3.8, 4) is 0 Å². The highest BCUT2D eigenvalue weighted by atomic mass is 16.5. The number of carbonyl (C=O) groups is 2. The van der Waals surface area contributed by atoms with Crippen LogP contribution in [0, 0.1) is 0 Å². The lowest BCUT2D eigenvalue weighted by Crippen LogP contribution is -2.29. The molecule has 0 fully saturated rings. The van der Waals surface area contributed by atoms with E-state index in [1.165, 1.54) is 0 Å². The maximum Gasteiger partial charge on any atom is 0.251 e. The number of rotatable bonds is 6. The van der Waals surface area contributed by atoms with E-state index in [-0.39, 0.29) is 11.8 Å². The van der Waals surface area contributed by atoms with Gasteiger partial charge >= 0.3 is 0 Å². The molecule has 3 N–H and O–H groups in total. The summed E-state index contributed by atoms with van der Waals surface area (Å²) < 4.78 is 4.88. The second-order valence-electron chi connectivity index (χ2n) is 4.53. The van der Waals surface area contributed by atoms with E-state index < -0.39 is 5.91 Å². The van der Waals surface area contributed by atoms with E-state index in [2.05, 4.69) is 5.32 Å². The first kappa shape index (κ1) is 15.2. The maximum absolute atomic E-state index is 12.1. The van der Waals surface area contributed by atoms with Crippen LogP contribution >= 0.6 is 0 Å². The average Bonchev–Trinajstić information content (AvgIpc) is 2.37. The summed E-state index contributed by atoms with van der Waals surface area (Å²) in [6.07, 6.45) is 0. The van der Waals surface area contributed by atoms with Crippen LogP contribution in [0.25, 0.3) is 0 Å². The Hall–Kier alpha value is -1.88. The summed E-state index contributed by atoms with van der Waals surface area (Å²) in [7, 11) is 1.57. The average molecular weight is 264 g/mol. The van der Waals surface area contributed by atoms with Gasteiger partial charge in [0.1, 0.15) is 0 Å². The number of nitrogens with two attached hydrogens (primary N) is 1. The van der Waals surface area contributed by atoms with Crippen molar-refractivity contribution in [3.05, 3.63) is 34.9 Å². The number of methoxy groups -OCH3 is 1. The summed E-state index contributed by atoms with van der Waals surface area (Å²) in [6.45, 7) is 4.72. The van der Waals surface area contributed by atoms with Crippen LogP contribution in [-0.4, -0.2) is 32.1 Å². The molecular formula is C14H20N2O3. The van der Waals surface area contributed by atoms with Gasteiger partial charge in [0.05, 0.1) is 6.61 Å². The molecule has 0 aromatic heterocycles. The lowest BCUT2D eigenvalue weighted by molar-refractivity contribution is 0.0936. The van der Waals surface area contributed by atoms with E-state index >= 15 is 0 Å². The topological polar surface area (TPSA) is 81.4 Å². The van der Waals surface area contributed by atoms with E-state index in [1.807, 2.05) is 13.8 Å². The molecule has 1 rings (SSSR count). The second kappa shape index (κ2) is 6.89. The molecule has 1 aromatic rings. The molecule has 0 atom stereocenters. The largest absolute Gasteiger partial charge is 0.383 e. The Morgan fingerprint density at radius 1 is 1.32 bits per heavy atom. The maximum atomic E-state index is 12.1. The Balaban J connectivity index is 3.09. The van der Waals surface area contributed by atoms with Gasteiger partial charge in [-0.1, -0.05) is 19.9 Å². The van der Waals surface area contributed by atoms with Gasteiger partial charge in [-0.15, -0.1) is 0 Å². The highest BCUT2D eigenvalue weighted by Gasteiger charge is 2.19. The first-order valence-electron chi connectivity index (χ1n) is 6.18. The Bertz CT molecular complexity index is 470. The summed E-state index contributed by atoms with van der Waals surface area (Å²) in [5.74, 6) is -0.703. The van der Waals surface area contributed by atoms with Crippen LogP contribution in [0.1, 0.15) is 46.0 Å². The van der Waals surface area contributed by atoms with Gasteiger partial charge in [-0.3, -0.25) is 9.59 Å². The number of benzene rings is 1. The molecule has 104 valence electrons. The van der Waals surface area contributed by atoms with Gasteiger partial charge in [-0.25, -0.2) is 0 Å². The highest BCUT2D eigenvalue weighted by molar-refractivity contribution is 6.01. The first-order chi connectivity index (χ1) is 8.99. The molecule has 2 amide bonds. The van der Waals surface area contributed by atoms with Crippen LogP contribution in [0.4, 0.5) is 0 Å². The number of ether oxygens (including phenoxy) is 1. The Morgan fingerprint density at radius 3 is 2.47 bits per heavy atom. The fourth-order valence-electron chi connectivity index (χ4n) is 1.96. The van der Waals surface area contributed by atoms with Crippen molar-refractivity contribution in [2.24, 2.45) is 5.73 Å². The third-order valence-electron chi connectivity index (χ3n) is 2.79. The van der Waals surface area contributed by atoms with Crippen molar-refractivity contribution in [1.29, 1.82) is 0 Å². The van der Waals surface area contributed by atoms with Crippen LogP contribution in [0.3, 0.4) is 0 Å². The van der Waals surface area contributed by atoms with E-state index in [0.29, 0.717) is 29.8 Å². The zero-order valence-corrected chi connectivity index (χ0v) is 11.5. The number of hydrogen-bond donors (Lipinski definition) is 2. The first-order valence-corrected chi connectivity index (χ1v) is 6.18. The van der Waals surface area contributed by atoms with Gasteiger partial charge < -0.3 is 15.8 Å². The standard InChI is InChI=1S/C14H20N2O3/c1-9(2)12-10(13(15)17)5-4-6-11(12)14(18)16-7-8-19-3/h4-6,9H,7-8H2,1-3H3,(H2,15,17)(H,16,18). The minimum absolute atomic E-state index is 0.0341. The van der Waals surface area contributed by atoms with Gasteiger partial charge in [-0.05, 0) is 23.6 Å². The smallest absolute Gasteiger partial charge is 0.251 e. The number of amides is 2. The van der Waals surface area contributed by atoms with Crippen molar-refractivity contribution in [3.63, 3.8) is 0 Å². The number of nitrogens with one attached hydrogen (secondary N) is 1. The quantitative estimate of drug-likeness (QED) is 0.759. The van der Waals surface area contributed by atoms with Crippen LogP contribution in [-0.2, 0) is 4.74 Å².